The third-order valence-electron chi connectivity index (χ3n) is 10.8. The number of carboxylic acid groups (broad SMARTS) is 1. The normalized spacial score (nSPS) is 10.4. The van der Waals surface area contributed by atoms with Gasteiger partial charge in [-0.25, -0.2) is 38.4 Å². The average molecular weight is 1230 g/mol. The average Bonchev–Trinajstić information content (AvgIpc) is 4.41. The number of nitrogen functional groups attached to an aromatic ring is 1. The Bertz CT molecular complexity index is 4020. The van der Waals surface area contributed by atoms with Crippen LogP contribution < -0.4 is 62.6 Å². The van der Waals surface area contributed by atoms with Crippen molar-refractivity contribution < 1.29 is 66.0 Å². The van der Waals surface area contributed by atoms with Crippen molar-refractivity contribution >= 4 is 162 Å². The first-order valence-electron chi connectivity index (χ1n) is 22.7. The fraction of sp³-hybridized carbons (Fsp3) is 0.154. The number of hydrogen-bond donors (Lipinski definition) is 5. The molecule has 0 saturated carbocycles. The van der Waals surface area contributed by atoms with Crippen LogP contribution in [0.3, 0.4) is 0 Å². The summed E-state index contributed by atoms with van der Waals surface area (Å²) in [5, 5.41) is 20.8. The van der Waals surface area contributed by atoms with E-state index in [0.29, 0.717) is 74.4 Å². The fourth-order valence-corrected chi connectivity index (χ4v) is 9.99. The maximum atomic E-state index is 12.6. The minimum Gasteiger partial charge on any atom is -0.495 e. The predicted octanol–water partition coefficient (Wildman–Crippen LogP) is 11.5. The van der Waals surface area contributed by atoms with Crippen molar-refractivity contribution in [3.63, 3.8) is 0 Å². The third kappa shape index (κ3) is 15.1. The molecule has 0 saturated heterocycles. The van der Waals surface area contributed by atoms with E-state index in [1.54, 1.807) is 87.9 Å². The molecule has 0 aliphatic heterocycles. The van der Waals surface area contributed by atoms with E-state index in [9.17, 15) is 38.4 Å². The highest BCUT2D eigenvalue weighted by Crippen LogP contribution is 2.36. The Labute approximate surface area is 484 Å². The Balaban J connectivity index is 0.000000185. The smallest absolute Gasteiger partial charge is 0.351 e. The van der Waals surface area contributed by atoms with Crippen LogP contribution in [0.2, 0.25) is 15.1 Å². The number of anilines is 6. The standard InChI is InChI=1S/C18H15ClN2O6S.C17H13ClN2O6S.C10H9NO4S.C7H8ClNO/c1-21(18(24)20-11-5-4-9(19)6-12(11)25-2)15-8-13-14(28-15)7-10(16(22)26-3)17(23)27-13;1-20(17(24)19-10-4-3-8(18)5-11(10)25-2)14-7-12-13(27-14)6-9(15(21)22)16(23)26-12;1-11-8-4-6-7(16-8)3-5(9(12)14-2)10(13)15-6;1-10-7-4-5(8)2-3-6(7)9/h4-8H,1-3H3,(H,20,24);3-7H,1-2H3,(H,19,24)(H,21,22);3-4,11H,1-2H3;2-4H,9H2,1H3. The zero-order valence-corrected chi connectivity index (χ0v) is 48.2. The number of methoxy groups -OCH3 is 5. The Kier molecular flexibility index (Phi) is 20.8. The van der Waals surface area contributed by atoms with Crippen LogP contribution >= 0.6 is 68.8 Å². The van der Waals surface area contributed by atoms with Gasteiger partial charge >= 0.3 is 46.8 Å². The summed E-state index contributed by atoms with van der Waals surface area (Å²) in [6, 6.07) is 22.7. The van der Waals surface area contributed by atoms with Gasteiger partial charge in [0.1, 0.15) is 43.9 Å². The van der Waals surface area contributed by atoms with E-state index in [1.807, 2.05) is 0 Å². The summed E-state index contributed by atoms with van der Waals surface area (Å²) in [4.78, 5) is 96.7. The summed E-state index contributed by atoms with van der Waals surface area (Å²) >= 11 is 21.2. The molecule has 6 aromatic heterocycles. The molecule has 23 nitrogen and oxygen atoms in total. The topological polar surface area (TPSA) is 311 Å². The number of esters is 2. The number of carbonyl (C=O) groups is 5. The van der Waals surface area contributed by atoms with Crippen molar-refractivity contribution in [1.82, 2.24) is 0 Å². The van der Waals surface area contributed by atoms with E-state index >= 15 is 0 Å². The molecule has 0 radical (unpaired) electrons. The van der Waals surface area contributed by atoms with Gasteiger partial charge in [0.2, 0.25) is 0 Å². The molecule has 6 heterocycles. The molecular weight excluding hydrogens is 1180 g/mol. The molecular formula is C52H45Cl3N6O17S3. The number of urea groups is 2. The van der Waals surface area contributed by atoms with Crippen LogP contribution in [0.5, 0.6) is 17.2 Å². The number of ether oxygens (including phenoxy) is 5. The van der Waals surface area contributed by atoms with E-state index in [4.69, 9.17) is 73.1 Å². The second-order valence-electron chi connectivity index (χ2n) is 15.9. The van der Waals surface area contributed by atoms with Crippen LogP contribution in [-0.2, 0) is 9.47 Å². The number of halogens is 3. The molecule has 0 aliphatic rings. The number of amides is 4. The van der Waals surface area contributed by atoms with Crippen LogP contribution in [0.4, 0.5) is 41.7 Å². The zero-order valence-electron chi connectivity index (χ0n) is 43.5. The molecule has 81 heavy (non-hydrogen) atoms. The third-order valence-corrected chi connectivity index (χ3v) is 14.9. The largest absolute Gasteiger partial charge is 0.495 e. The SMILES string of the molecule is CNc1cc2oc(=O)c(C(=O)OC)cc2s1.COC(=O)c1cc2sc(N(C)C(=O)Nc3ccc(Cl)cc3OC)cc2oc1=O.COc1cc(Cl)ccc1N.COc1cc(Cl)ccc1NC(=O)N(C)c1cc2oc(=O)c(C(=O)O)cc2s1. The molecule has 424 valence electrons. The lowest BCUT2D eigenvalue weighted by atomic mass is 10.3. The fourth-order valence-electron chi connectivity index (χ4n) is 6.64. The molecule has 0 spiro atoms. The van der Waals surface area contributed by atoms with Gasteiger partial charge in [0, 0.05) is 72.6 Å². The maximum absolute atomic E-state index is 12.6. The Morgan fingerprint density at radius 1 is 0.531 bits per heavy atom. The second-order valence-corrected chi connectivity index (χ2v) is 20.4. The van der Waals surface area contributed by atoms with Crippen molar-refractivity contribution in [2.75, 3.05) is 88.2 Å². The van der Waals surface area contributed by atoms with Gasteiger partial charge in [0.15, 0.2) is 16.7 Å². The first-order chi connectivity index (χ1) is 38.5. The van der Waals surface area contributed by atoms with Crippen molar-refractivity contribution in [3.8, 4) is 17.2 Å². The molecule has 0 atom stereocenters. The maximum Gasteiger partial charge on any atom is 0.351 e. The molecule has 4 amide bonds. The number of nitrogens with zero attached hydrogens (tertiary/aromatic N) is 2. The lowest BCUT2D eigenvalue weighted by Gasteiger charge is -2.17. The number of thiophene rings is 3. The molecule has 0 fully saturated rings. The van der Waals surface area contributed by atoms with E-state index in [0.717, 1.165) is 21.0 Å². The van der Waals surface area contributed by atoms with Crippen LogP contribution in [0.15, 0.2) is 119 Å². The van der Waals surface area contributed by atoms with Crippen LogP contribution in [0.25, 0.3) is 30.8 Å². The van der Waals surface area contributed by atoms with Gasteiger partial charge in [-0.1, -0.05) is 34.8 Å². The summed E-state index contributed by atoms with van der Waals surface area (Å²) in [5.74, 6) is -1.41. The van der Waals surface area contributed by atoms with Crippen molar-refractivity contribution in [2.24, 2.45) is 0 Å². The number of carbonyl (C=O) groups excluding carboxylic acids is 4. The van der Waals surface area contributed by atoms with Gasteiger partial charge in [-0.15, -0.1) is 34.0 Å². The summed E-state index contributed by atoms with van der Waals surface area (Å²) in [7, 11) is 11.7. The summed E-state index contributed by atoms with van der Waals surface area (Å²) in [5.41, 5.74) is 4.74. The number of hydrogen-bond acceptors (Lipinski definition) is 21. The lowest BCUT2D eigenvalue weighted by Crippen LogP contribution is -2.30. The van der Waals surface area contributed by atoms with Gasteiger partial charge in [-0.05, 0) is 54.6 Å². The highest BCUT2D eigenvalue weighted by Gasteiger charge is 2.22. The van der Waals surface area contributed by atoms with Gasteiger partial charge in [0.25, 0.3) is 0 Å². The van der Waals surface area contributed by atoms with Crippen LogP contribution in [0, 0.1) is 0 Å². The molecule has 6 N–H and O–H groups in total. The molecule has 0 bridgehead atoms. The Morgan fingerprint density at radius 3 is 1.28 bits per heavy atom. The number of nitrogens with two attached hydrogens (primary N) is 1. The van der Waals surface area contributed by atoms with Gasteiger partial charge < -0.3 is 63.7 Å². The number of fused-ring (bicyclic) bond motifs is 3. The van der Waals surface area contributed by atoms with Gasteiger partial charge in [0.05, 0.1) is 71.7 Å². The molecule has 9 aromatic rings. The van der Waals surface area contributed by atoms with Crippen molar-refractivity contribution in [3.05, 3.63) is 154 Å². The highest BCUT2D eigenvalue weighted by atomic mass is 35.5. The first-order valence-corrected chi connectivity index (χ1v) is 26.3. The first kappa shape index (κ1) is 61.4. The van der Waals surface area contributed by atoms with Gasteiger partial charge in [-0.3, -0.25) is 9.80 Å². The number of benzene rings is 3. The van der Waals surface area contributed by atoms with Crippen molar-refractivity contribution in [1.29, 1.82) is 0 Å². The zero-order chi connectivity index (χ0) is 59.4. The number of rotatable bonds is 11. The summed E-state index contributed by atoms with van der Waals surface area (Å²) in [6.07, 6.45) is 0. The Hall–Kier alpha value is -8.79. The highest BCUT2D eigenvalue weighted by molar-refractivity contribution is 7.23. The molecule has 0 unspecified atom stereocenters. The van der Waals surface area contributed by atoms with Crippen LogP contribution in [0.1, 0.15) is 31.1 Å². The minimum atomic E-state index is -1.37. The monoisotopic (exact) mass is 1230 g/mol. The second kappa shape index (κ2) is 27.4. The molecule has 0 aliphatic carbocycles. The molecule has 3 aromatic carbocycles. The summed E-state index contributed by atoms with van der Waals surface area (Å²) in [6.45, 7) is 0. The van der Waals surface area contributed by atoms with Gasteiger partial charge in [-0.2, -0.15) is 0 Å². The minimum absolute atomic E-state index is 0.0838. The Morgan fingerprint density at radius 2 is 0.901 bits per heavy atom. The quantitative estimate of drug-likeness (QED) is 0.0593. The van der Waals surface area contributed by atoms with Crippen molar-refractivity contribution in [2.45, 2.75) is 0 Å². The van der Waals surface area contributed by atoms with E-state index in [1.165, 1.54) is 92.2 Å². The lowest BCUT2D eigenvalue weighted by molar-refractivity contribution is 0.0587. The number of aromatic carboxylic acids is 1. The summed E-state index contributed by atoms with van der Waals surface area (Å²) < 4.78 is 41.2. The number of carboxylic acids is 1. The van der Waals surface area contributed by atoms with E-state index in [2.05, 4.69) is 25.4 Å². The predicted molar refractivity (Wildman–Crippen MR) is 314 cm³/mol. The molecule has 9 rings (SSSR count). The molecule has 29 heteroatoms. The van der Waals surface area contributed by atoms with Crippen LogP contribution in [-0.4, -0.2) is 91.8 Å². The number of nitrogens with one attached hydrogen (secondary N) is 3. The van der Waals surface area contributed by atoms with E-state index in [-0.39, 0.29) is 22.3 Å². The van der Waals surface area contributed by atoms with E-state index < -0.39 is 52.4 Å².